The normalized spacial score (nSPS) is 11.9. The van der Waals surface area contributed by atoms with E-state index in [2.05, 4.69) is 15.5 Å². The first-order valence-corrected chi connectivity index (χ1v) is 7.13. The largest absolute Gasteiger partial charge is 0.419 e. The minimum absolute atomic E-state index is 0.218. The number of alkyl halides is 3. The number of nitrogens with zero attached hydrogens (tertiary/aromatic N) is 2. The third-order valence-corrected chi connectivity index (χ3v) is 3.78. The van der Waals surface area contributed by atoms with Gasteiger partial charge in [0.25, 0.3) is 0 Å². The molecule has 0 saturated carbocycles. The zero-order valence-electron chi connectivity index (χ0n) is 11.2. The highest BCUT2D eigenvalue weighted by molar-refractivity contribution is 7.14. The first-order chi connectivity index (χ1) is 9.91. The van der Waals surface area contributed by atoms with Crippen molar-refractivity contribution in [2.75, 3.05) is 13.1 Å². The van der Waals surface area contributed by atoms with Gasteiger partial charge in [-0.25, -0.2) is 4.39 Å². The highest BCUT2D eigenvalue weighted by Gasteiger charge is 2.34. The summed E-state index contributed by atoms with van der Waals surface area (Å²) in [7, 11) is 0. The van der Waals surface area contributed by atoms with E-state index in [1.165, 1.54) is 17.4 Å². The van der Waals surface area contributed by atoms with E-state index in [0.29, 0.717) is 11.4 Å². The second-order valence-electron chi connectivity index (χ2n) is 4.30. The minimum atomic E-state index is -4.72. The molecule has 0 spiro atoms. The molecule has 1 heterocycles. The van der Waals surface area contributed by atoms with Gasteiger partial charge >= 0.3 is 6.18 Å². The van der Waals surface area contributed by atoms with Crippen LogP contribution in [0.25, 0.3) is 10.6 Å². The molecule has 0 saturated heterocycles. The van der Waals surface area contributed by atoms with Gasteiger partial charge in [0, 0.05) is 18.5 Å². The van der Waals surface area contributed by atoms with Gasteiger partial charge in [-0.2, -0.15) is 13.2 Å². The highest BCUT2D eigenvalue weighted by atomic mass is 32.1. The third kappa shape index (κ3) is 3.98. The van der Waals surface area contributed by atoms with Gasteiger partial charge < -0.3 is 5.32 Å². The Morgan fingerprint density at radius 3 is 2.67 bits per heavy atom. The number of hydrogen-bond donors (Lipinski definition) is 1. The van der Waals surface area contributed by atoms with Crippen molar-refractivity contribution in [2.45, 2.75) is 19.5 Å². The van der Waals surface area contributed by atoms with E-state index in [0.717, 1.165) is 30.2 Å². The van der Waals surface area contributed by atoms with E-state index in [1.807, 2.05) is 6.92 Å². The molecule has 0 aliphatic rings. The standard InChI is InChI=1S/C13H13F4N3S/c1-2-18-6-5-11-19-20-12(21-11)8-3-4-10(14)9(7-8)13(15,16)17/h3-4,7,18H,2,5-6H2,1H3. The predicted octanol–water partition coefficient (Wildman–Crippen LogP) is 3.52. The van der Waals surface area contributed by atoms with E-state index in [4.69, 9.17) is 0 Å². The molecular weight excluding hydrogens is 306 g/mol. The van der Waals surface area contributed by atoms with Gasteiger partial charge in [0.05, 0.1) is 5.56 Å². The average Bonchev–Trinajstić information content (AvgIpc) is 2.87. The molecule has 8 heteroatoms. The predicted molar refractivity (Wildman–Crippen MR) is 72.6 cm³/mol. The molecule has 2 rings (SSSR count). The fourth-order valence-corrected chi connectivity index (χ4v) is 2.55. The maximum Gasteiger partial charge on any atom is 0.419 e. The molecule has 0 fully saturated rings. The van der Waals surface area contributed by atoms with Crippen molar-refractivity contribution < 1.29 is 17.6 Å². The molecule has 3 nitrogen and oxygen atoms in total. The molecule has 1 aromatic carbocycles. The van der Waals surface area contributed by atoms with Crippen LogP contribution in [-0.2, 0) is 12.6 Å². The van der Waals surface area contributed by atoms with Gasteiger partial charge in [-0.05, 0) is 24.7 Å². The molecule has 0 amide bonds. The van der Waals surface area contributed by atoms with Gasteiger partial charge in [0.15, 0.2) is 0 Å². The molecule has 21 heavy (non-hydrogen) atoms. The first-order valence-electron chi connectivity index (χ1n) is 6.32. The molecule has 0 radical (unpaired) electrons. The number of likely N-dealkylation sites (N-methyl/N-ethyl adjacent to an activating group) is 1. The monoisotopic (exact) mass is 319 g/mol. The SMILES string of the molecule is CCNCCc1nnc(-c2ccc(F)c(C(F)(F)F)c2)s1. The van der Waals surface area contributed by atoms with Crippen LogP contribution in [0.3, 0.4) is 0 Å². The lowest BCUT2D eigenvalue weighted by Crippen LogP contribution is -2.15. The van der Waals surface area contributed by atoms with Gasteiger partial charge in [-0.3, -0.25) is 0 Å². The molecule has 0 bridgehead atoms. The van der Waals surface area contributed by atoms with Gasteiger partial charge in [0.2, 0.25) is 0 Å². The van der Waals surface area contributed by atoms with Crippen LogP contribution in [0.15, 0.2) is 18.2 Å². The highest BCUT2D eigenvalue weighted by Crippen LogP contribution is 2.34. The summed E-state index contributed by atoms with van der Waals surface area (Å²) in [5.74, 6) is -1.29. The molecule has 1 N–H and O–H groups in total. The first kappa shape index (κ1) is 15.8. The number of hydrogen-bond acceptors (Lipinski definition) is 4. The molecule has 114 valence electrons. The molecule has 0 aliphatic heterocycles. The maximum absolute atomic E-state index is 13.2. The molecule has 1 aromatic heterocycles. The van der Waals surface area contributed by atoms with Crippen LogP contribution >= 0.6 is 11.3 Å². The summed E-state index contributed by atoms with van der Waals surface area (Å²) in [6.07, 6.45) is -4.07. The Hall–Kier alpha value is -1.54. The minimum Gasteiger partial charge on any atom is -0.317 e. The lowest BCUT2D eigenvalue weighted by Gasteiger charge is -2.08. The van der Waals surface area contributed by atoms with Crippen molar-refractivity contribution in [1.29, 1.82) is 0 Å². The summed E-state index contributed by atoms with van der Waals surface area (Å²) in [6, 6.07) is 2.85. The summed E-state index contributed by atoms with van der Waals surface area (Å²) >= 11 is 1.21. The van der Waals surface area contributed by atoms with Gasteiger partial charge in [0.1, 0.15) is 15.8 Å². The number of rotatable bonds is 5. The zero-order valence-corrected chi connectivity index (χ0v) is 12.0. The van der Waals surface area contributed by atoms with Crippen LogP contribution in [0.5, 0.6) is 0 Å². The van der Waals surface area contributed by atoms with Crippen LogP contribution in [0.4, 0.5) is 17.6 Å². The second kappa shape index (κ2) is 6.48. The Morgan fingerprint density at radius 2 is 2.00 bits per heavy atom. The fourth-order valence-electron chi connectivity index (χ4n) is 1.72. The number of halogens is 4. The number of benzene rings is 1. The van der Waals surface area contributed by atoms with E-state index in [-0.39, 0.29) is 5.56 Å². The van der Waals surface area contributed by atoms with Crippen molar-refractivity contribution in [3.8, 4) is 10.6 Å². The lowest BCUT2D eigenvalue weighted by atomic mass is 10.1. The quantitative estimate of drug-likeness (QED) is 0.677. The number of aromatic nitrogens is 2. The Bertz CT molecular complexity index is 610. The van der Waals surface area contributed by atoms with Crippen LogP contribution in [0, 0.1) is 5.82 Å². The Kier molecular flexibility index (Phi) is 4.89. The van der Waals surface area contributed by atoms with E-state index < -0.39 is 17.6 Å². The number of nitrogens with one attached hydrogen (secondary N) is 1. The van der Waals surface area contributed by atoms with Crippen molar-refractivity contribution >= 4 is 11.3 Å². The topological polar surface area (TPSA) is 37.8 Å². The molecule has 0 aliphatic carbocycles. The van der Waals surface area contributed by atoms with E-state index >= 15 is 0 Å². The lowest BCUT2D eigenvalue weighted by molar-refractivity contribution is -0.139. The fraction of sp³-hybridized carbons (Fsp3) is 0.385. The van der Waals surface area contributed by atoms with Crippen LogP contribution < -0.4 is 5.32 Å². The Morgan fingerprint density at radius 1 is 1.24 bits per heavy atom. The van der Waals surface area contributed by atoms with Crippen molar-refractivity contribution in [2.24, 2.45) is 0 Å². The summed E-state index contributed by atoms with van der Waals surface area (Å²) in [5.41, 5.74) is -1.07. The van der Waals surface area contributed by atoms with Crippen molar-refractivity contribution in [3.05, 3.63) is 34.6 Å². The average molecular weight is 319 g/mol. The summed E-state index contributed by atoms with van der Waals surface area (Å²) in [6.45, 7) is 3.53. The van der Waals surface area contributed by atoms with E-state index in [9.17, 15) is 17.6 Å². The van der Waals surface area contributed by atoms with Crippen LogP contribution in [0.1, 0.15) is 17.5 Å². The van der Waals surface area contributed by atoms with Crippen LogP contribution in [0.2, 0.25) is 0 Å². The molecule has 0 atom stereocenters. The Labute approximate surface area is 123 Å². The van der Waals surface area contributed by atoms with Gasteiger partial charge in [-0.1, -0.05) is 18.3 Å². The molecule has 2 aromatic rings. The van der Waals surface area contributed by atoms with Crippen molar-refractivity contribution in [3.63, 3.8) is 0 Å². The van der Waals surface area contributed by atoms with E-state index in [1.54, 1.807) is 0 Å². The van der Waals surface area contributed by atoms with Gasteiger partial charge in [-0.15, -0.1) is 10.2 Å². The maximum atomic E-state index is 13.2. The Balaban J connectivity index is 2.22. The second-order valence-corrected chi connectivity index (χ2v) is 5.36. The van der Waals surface area contributed by atoms with Crippen molar-refractivity contribution in [1.82, 2.24) is 15.5 Å². The zero-order chi connectivity index (χ0) is 15.5. The third-order valence-electron chi connectivity index (χ3n) is 2.75. The smallest absolute Gasteiger partial charge is 0.317 e. The summed E-state index contributed by atoms with van der Waals surface area (Å²) in [5, 5.41) is 12.0. The summed E-state index contributed by atoms with van der Waals surface area (Å²) in [4.78, 5) is 0. The summed E-state index contributed by atoms with van der Waals surface area (Å²) < 4.78 is 51.3. The molecular formula is C13H13F4N3S. The van der Waals surface area contributed by atoms with Crippen LogP contribution in [-0.4, -0.2) is 23.3 Å². The molecule has 0 unspecified atom stereocenters.